The molecule has 250 valence electrons. The molecule has 2 aromatic carbocycles. The first-order chi connectivity index (χ1) is 23.2. The molecule has 0 radical (unpaired) electrons. The topological polar surface area (TPSA) is 90.2 Å². The Kier molecular flexibility index (Phi) is 7.65. The van der Waals surface area contributed by atoms with E-state index in [1.165, 1.54) is 5.57 Å². The lowest BCUT2D eigenvalue weighted by atomic mass is 9.85. The number of piperidine rings is 1. The van der Waals surface area contributed by atoms with Crippen LogP contribution in [0.1, 0.15) is 48.8 Å². The summed E-state index contributed by atoms with van der Waals surface area (Å²) in [6, 6.07) is 14.3. The van der Waals surface area contributed by atoms with Gasteiger partial charge in [-0.3, -0.25) is 24.2 Å². The summed E-state index contributed by atoms with van der Waals surface area (Å²) in [7, 11) is 1.85. The Morgan fingerprint density at radius 3 is 2.44 bits per heavy atom. The number of aryl methyl sites for hydroxylation is 1. The first-order valence-electron chi connectivity index (χ1n) is 16.9. The van der Waals surface area contributed by atoms with Crippen molar-refractivity contribution < 1.29 is 18.4 Å². The van der Waals surface area contributed by atoms with Gasteiger partial charge in [-0.05, 0) is 54.6 Å². The summed E-state index contributed by atoms with van der Waals surface area (Å²) < 4.78 is 29.3. The molecule has 3 fully saturated rings. The molecule has 10 nitrogen and oxygen atoms in total. The Balaban J connectivity index is 0.868. The molecule has 6 heterocycles. The molecule has 8 rings (SSSR count). The lowest BCUT2D eigenvalue weighted by Gasteiger charge is -2.33. The van der Waals surface area contributed by atoms with E-state index in [1.807, 2.05) is 52.1 Å². The number of fused-ring (bicyclic) bond motifs is 1. The second-order valence-corrected chi connectivity index (χ2v) is 13.9. The molecule has 48 heavy (non-hydrogen) atoms. The van der Waals surface area contributed by atoms with Crippen LogP contribution in [-0.2, 0) is 23.2 Å². The number of carbonyl (C=O) groups is 2. The molecule has 1 spiro atoms. The molecule has 1 atom stereocenters. The van der Waals surface area contributed by atoms with Crippen LogP contribution in [0.25, 0.3) is 17.0 Å². The van der Waals surface area contributed by atoms with E-state index in [0.29, 0.717) is 45.1 Å². The van der Waals surface area contributed by atoms with E-state index in [0.717, 1.165) is 59.6 Å². The van der Waals surface area contributed by atoms with Gasteiger partial charge >= 0.3 is 0 Å². The van der Waals surface area contributed by atoms with Gasteiger partial charge in [0.25, 0.3) is 5.92 Å². The van der Waals surface area contributed by atoms with Crippen LogP contribution in [-0.4, -0.2) is 105 Å². The number of halogens is 2. The molecular weight excluding hydrogens is 614 g/mol. The first kappa shape index (κ1) is 30.9. The average Bonchev–Trinajstić information content (AvgIpc) is 3.89. The summed E-state index contributed by atoms with van der Waals surface area (Å²) in [5.41, 5.74) is 5.72. The predicted octanol–water partition coefficient (Wildman–Crippen LogP) is 4.22. The van der Waals surface area contributed by atoms with Crippen molar-refractivity contribution in [2.24, 2.45) is 17.5 Å². The van der Waals surface area contributed by atoms with Crippen molar-refractivity contribution in [3.05, 3.63) is 71.6 Å². The number of anilines is 1. The second-order valence-electron chi connectivity index (χ2n) is 13.9. The number of amidine groups is 1. The quantitative estimate of drug-likeness (QED) is 0.410. The number of carbonyl (C=O) groups excluding carboxylic acids is 2. The lowest BCUT2D eigenvalue weighted by molar-refractivity contribution is -0.132. The number of rotatable bonds is 5. The maximum absolute atomic E-state index is 14.0. The van der Waals surface area contributed by atoms with E-state index in [4.69, 9.17) is 0 Å². The van der Waals surface area contributed by atoms with E-state index >= 15 is 0 Å². The largest absolute Gasteiger partial charge is 0.356 e. The molecule has 0 unspecified atom stereocenters. The van der Waals surface area contributed by atoms with Crippen LogP contribution in [0.4, 0.5) is 14.5 Å². The van der Waals surface area contributed by atoms with Crippen LogP contribution in [0.3, 0.4) is 0 Å². The monoisotopic (exact) mass is 654 g/mol. The zero-order valence-corrected chi connectivity index (χ0v) is 27.2. The van der Waals surface area contributed by atoms with Crippen molar-refractivity contribution in [1.29, 1.82) is 0 Å². The third-order valence-electron chi connectivity index (χ3n) is 10.8. The van der Waals surface area contributed by atoms with Gasteiger partial charge in [-0.15, -0.1) is 0 Å². The molecule has 0 N–H and O–H groups in total. The lowest BCUT2D eigenvalue weighted by Crippen LogP contribution is -2.43. The summed E-state index contributed by atoms with van der Waals surface area (Å²) in [6.07, 6.45) is 5.79. The molecule has 3 aromatic rings. The highest BCUT2D eigenvalue weighted by atomic mass is 19.3. The summed E-state index contributed by atoms with van der Waals surface area (Å²) in [6.45, 7) is 4.59. The fraction of sp³-hybridized carbons (Fsp3) is 0.472. The molecule has 3 saturated heterocycles. The highest BCUT2D eigenvalue weighted by Crippen LogP contribution is 2.43. The van der Waals surface area contributed by atoms with Gasteiger partial charge in [-0.1, -0.05) is 36.4 Å². The number of aliphatic imine (C=N–C) groups is 1. The molecule has 0 aliphatic carbocycles. The molecule has 0 bridgehead atoms. The Bertz CT molecular complexity index is 1810. The minimum atomic E-state index is -2.61. The molecular formula is C36H40F2N8O2. The Hall–Kier alpha value is -4.45. The number of hydrogen-bond acceptors (Lipinski definition) is 7. The van der Waals surface area contributed by atoms with Gasteiger partial charge in [0.15, 0.2) is 5.82 Å². The summed E-state index contributed by atoms with van der Waals surface area (Å²) in [5, 5.41) is 4.37. The van der Waals surface area contributed by atoms with E-state index in [-0.39, 0.29) is 37.7 Å². The minimum absolute atomic E-state index is 0.0992. The zero-order chi connectivity index (χ0) is 33.0. The number of aromatic nitrogens is 3. The Morgan fingerprint density at radius 1 is 0.938 bits per heavy atom. The van der Waals surface area contributed by atoms with Gasteiger partial charge in [-0.2, -0.15) is 5.10 Å². The smallest absolute Gasteiger partial charge is 0.251 e. The highest BCUT2D eigenvalue weighted by Gasteiger charge is 2.51. The van der Waals surface area contributed by atoms with Crippen LogP contribution in [0, 0.1) is 5.41 Å². The summed E-state index contributed by atoms with van der Waals surface area (Å²) in [4.78, 5) is 44.2. The summed E-state index contributed by atoms with van der Waals surface area (Å²) in [5.74, 6) is -0.931. The fourth-order valence-electron chi connectivity index (χ4n) is 7.93. The number of hydrogen-bond donors (Lipinski definition) is 0. The molecule has 12 heteroatoms. The van der Waals surface area contributed by atoms with Crippen LogP contribution >= 0.6 is 0 Å². The van der Waals surface area contributed by atoms with Gasteiger partial charge < -0.3 is 14.7 Å². The number of nitrogens with zero attached hydrogens (tertiary/aromatic N) is 8. The van der Waals surface area contributed by atoms with Crippen molar-refractivity contribution in [3.8, 4) is 11.4 Å². The van der Waals surface area contributed by atoms with E-state index in [1.54, 1.807) is 11.0 Å². The SMILES string of the molecule is Cn1cnc(-c2ccc(C3=CCN(C(=O)CN4CC[C@]5(CCN(c6ccc7c(c6)C(N6CCC(F)(F)CC6)=NC7)C5=O)C4)CC3)cc2)n1. The van der Waals surface area contributed by atoms with Crippen LogP contribution < -0.4 is 4.90 Å². The van der Waals surface area contributed by atoms with Gasteiger partial charge in [0.05, 0.1) is 18.5 Å². The van der Waals surface area contributed by atoms with Crippen molar-refractivity contribution in [2.75, 3.05) is 57.3 Å². The van der Waals surface area contributed by atoms with Crippen molar-refractivity contribution in [2.45, 2.75) is 44.6 Å². The number of likely N-dealkylation sites (tertiary alicyclic amines) is 2. The minimum Gasteiger partial charge on any atom is -0.356 e. The van der Waals surface area contributed by atoms with E-state index in [2.05, 4.69) is 38.2 Å². The molecule has 0 saturated carbocycles. The molecule has 5 aliphatic rings. The van der Waals surface area contributed by atoms with Crippen LogP contribution in [0.2, 0.25) is 0 Å². The molecule has 1 aromatic heterocycles. The molecule has 5 aliphatic heterocycles. The van der Waals surface area contributed by atoms with Gasteiger partial charge in [0.2, 0.25) is 11.8 Å². The Morgan fingerprint density at radius 2 is 1.71 bits per heavy atom. The number of alkyl halides is 2. The van der Waals surface area contributed by atoms with Crippen LogP contribution in [0.5, 0.6) is 0 Å². The van der Waals surface area contributed by atoms with Crippen molar-refractivity contribution in [3.63, 3.8) is 0 Å². The van der Waals surface area contributed by atoms with Crippen LogP contribution in [0.15, 0.2) is 59.9 Å². The maximum Gasteiger partial charge on any atom is 0.251 e. The third-order valence-corrected chi connectivity index (χ3v) is 10.8. The van der Waals surface area contributed by atoms with Gasteiger partial charge in [0, 0.05) is 76.0 Å². The molecule has 2 amide bonds. The summed E-state index contributed by atoms with van der Waals surface area (Å²) >= 11 is 0. The van der Waals surface area contributed by atoms with Gasteiger partial charge in [0.1, 0.15) is 12.2 Å². The highest BCUT2D eigenvalue weighted by molar-refractivity contribution is 6.05. The normalized spacial score (nSPS) is 24.0. The van der Waals surface area contributed by atoms with E-state index in [9.17, 15) is 18.4 Å². The van der Waals surface area contributed by atoms with Crippen molar-refractivity contribution >= 4 is 28.9 Å². The zero-order valence-electron chi connectivity index (χ0n) is 27.2. The van der Waals surface area contributed by atoms with E-state index < -0.39 is 11.3 Å². The predicted molar refractivity (Wildman–Crippen MR) is 179 cm³/mol. The maximum atomic E-state index is 14.0. The second kappa shape index (κ2) is 11.9. The average molecular weight is 655 g/mol. The van der Waals surface area contributed by atoms with Crippen molar-refractivity contribution in [1.82, 2.24) is 29.5 Å². The fourth-order valence-corrected chi connectivity index (χ4v) is 7.93. The third kappa shape index (κ3) is 5.69. The number of amides is 2. The Labute approximate surface area is 278 Å². The first-order valence-corrected chi connectivity index (χ1v) is 16.9. The van der Waals surface area contributed by atoms with Gasteiger partial charge in [-0.25, -0.2) is 13.8 Å². The standard InChI is InChI=1S/C36H40F2N8O2/c1-42-24-40-32(41-42)27-4-2-25(3-5-27)26-8-14-44(15-9-26)31(47)22-43-16-10-35(23-43)11-19-46(34(35)48)29-7-6-28-21-39-33(30(28)20-29)45-17-12-36(37,38)13-18-45/h2-8,20,24H,9-19,21-23H2,1H3/t35-/m0/s1. The number of benzene rings is 2.